The predicted octanol–water partition coefficient (Wildman–Crippen LogP) is 4.92. The Hall–Kier alpha value is -3.77. The highest BCUT2D eigenvalue weighted by Crippen LogP contribution is 2.47. The van der Waals surface area contributed by atoms with Crippen molar-refractivity contribution in [3.8, 4) is 11.8 Å². The summed E-state index contributed by atoms with van der Waals surface area (Å²) in [6.45, 7) is 11.8. The number of rotatable bonds is 7. The molecule has 2 saturated carbocycles. The van der Waals surface area contributed by atoms with E-state index >= 15 is 0 Å². The molecule has 4 radical (unpaired) electrons. The number of pyridine rings is 1. The van der Waals surface area contributed by atoms with Gasteiger partial charge in [0.05, 0.1) is 17.3 Å². The van der Waals surface area contributed by atoms with Crippen molar-refractivity contribution < 1.29 is 24.5 Å². The van der Waals surface area contributed by atoms with Gasteiger partial charge in [-0.3, -0.25) is 19.9 Å². The Morgan fingerprint density at radius 3 is 2.32 bits per heavy atom. The summed E-state index contributed by atoms with van der Waals surface area (Å²) in [6, 6.07) is 7.33. The van der Waals surface area contributed by atoms with Gasteiger partial charge >= 0.3 is 11.9 Å². The number of anilines is 3. The number of aliphatic carboxylic acids is 1. The first-order chi connectivity index (χ1) is 20.6. The number of aryl methyl sites for hydroxylation is 2. The van der Waals surface area contributed by atoms with Crippen molar-refractivity contribution in [2.75, 3.05) is 17.3 Å². The summed E-state index contributed by atoms with van der Waals surface area (Å²) in [5.74, 6) is 2.81. The molecule has 0 aliphatic heterocycles. The molecular formula is C33H42B2N4O5. The number of ether oxygens (including phenoxy) is 1. The normalized spacial score (nSPS) is 18.9. The van der Waals surface area contributed by atoms with Crippen LogP contribution >= 0.6 is 0 Å². The van der Waals surface area contributed by atoms with Gasteiger partial charge in [-0.2, -0.15) is 0 Å². The van der Waals surface area contributed by atoms with E-state index in [9.17, 15) is 19.8 Å². The van der Waals surface area contributed by atoms with Crippen LogP contribution in [0.4, 0.5) is 17.2 Å². The smallest absolute Gasteiger partial charge is 0.308 e. The van der Waals surface area contributed by atoms with Crippen molar-refractivity contribution >= 4 is 50.7 Å². The summed E-state index contributed by atoms with van der Waals surface area (Å²) in [4.78, 5) is 31.4. The number of hydrogen-bond acceptors (Lipinski definition) is 7. The number of carbonyl (C=O) groups is 2. The second-order valence-electron chi connectivity index (χ2n) is 12.0. The molecule has 2 aromatic rings. The number of carboxylic acids is 1. The van der Waals surface area contributed by atoms with Crippen LogP contribution in [-0.4, -0.2) is 67.2 Å². The van der Waals surface area contributed by atoms with Crippen LogP contribution in [0.2, 0.25) is 0 Å². The maximum Gasteiger partial charge on any atom is 0.308 e. The Balaban J connectivity index is 0.00000259. The van der Waals surface area contributed by atoms with Crippen LogP contribution < -0.4 is 10.2 Å². The first kappa shape index (κ1) is 34.7. The summed E-state index contributed by atoms with van der Waals surface area (Å²) in [5, 5.41) is 28.9. The highest BCUT2D eigenvalue weighted by atomic mass is 16.5. The van der Waals surface area contributed by atoms with Crippen molar-refractivity contribution in [1.29, 1.82) is 5.41 Å². The number of nitrogens with one attached hydrogen (secondary N) is 2. The van der Waals surface area contributed by atoms with Crippen LogP contribution in [0.1, 0.15) is 88.1 Å². The molecule has 0 saturated heterocycles. The summed E-state index contributed by atoms with van der Waals surface area (Å²) < 4.78 is 6.07. The van der Waals surface area contributed by atoms with E-state index in [-0.39, 0.29) is 29.4 Å². The number of carbonyl (C=O) groups excluding carboxylic acids is 1. The van der Waals surface area contributed by atoms with E-state index in [2.05, 4.69) is 23.2 Å². The van der Waals surface area contributed by atoms with E-state index in [1.165, 1.54) is 4.90 Å². The zero-order valence-electron chi connectivity index (χ0n) is 26.7. The van der Waals surface area contributed by atoms with Crippen molar-refractivity contribution in [2.45, 2.75) is 91.1 Å². The molecular weight excluding hydrogens is 554 g/mol. The van der Waals surface area contributed by atoms with Gasteiger partial charge in [0.25, 0.3) is 0 Å². The van der Waals surface area contributed by atoms with Gasteiger partial charge in [0.2, 0.25) is 5.90 Å². The first-order valence-electron chi connectivity index (χ1n) is 15.1. The van der Waals surface area contributed by atoms with E-state index in [0.29, 0.717) is 30.6 Å². The SMILES string of the molecule is CC.[B]C([B])(O)C#CC(=O)N(c1ccc(NC)c(C(=N)OC2CCC(C(=O)O)C(C)(C)C2)n1)c1cc(C)c(C)cc1C1CC1. The third kappa shape index (κ3) is 8.23. The van der Waals surface area contributed by atoms with Crippen molar-refractivity contribution in [2.24, 2.45) is 11.3 Å². The van der Waals surface area contributed by atoms with Crippen LogP contribution in [0.15, 0.2) is 24.3 Å². The van der Waals surface area contributed by atoms with Crippen LogP contribution in [0, 0.1) is 42.4 Å². The molecule has 1 amide bonds. The fourth-order valence-electron chi connectivity index (χ4n) is 5.59. The molecule has 2 atom stereocenters. The molecule has 230 valence electrons. The standard InChI is InChI=1S/C31H36B2N4O5.C2H6/c1-17-14-21(19-6-7-19)24(15-18(17)2)37(26(38)12-13-31(32,33)41)25-11-10-23(35-5)27(36-25)28(34)42-20-8-9-22(29(39)40)30(3,4)16-20;1-2/h10-11,14-15,19-20,22,34-35,41H,6-9,16H2,1-5H3,(H,39,40);1-2H3. The van der Waals surface area contributed by atoms with Gasteiger partial charge in [0.1, 0.15) is 33.3 Å². The molecule has 4 rings (SSSR count). The Morgan fingerprint density at radius 2 is 1.77 bits per heavy atom. The first-order valence-corrected chi connectivity index (χ1v) is 15.1. The number of amides is 1. The molecule has 2 aliphatic carbocycles. The number of aliphatic hydroxyl groups is 1. The second kappa shape index (κ2) is 13.9. The van der Waals surface area contributed by atoms with E-state index in [4.69, 9.17) is 30.8 Å². The lowest BCUT2D eigenvalue weighted by atomic mass is 9.66. The molecule has 0 bridgehead atoms. The minimum Gasteiger partial charge on any atom is -0.481 e. The zero-order valence-corrected chi connectivity index (χ0v) is 26.7. The zero-order chi connectivity index (χ0) is 33.0. The molecule has 2 fully saturated rings. The van der Waals surface area contributed by atoms with Crippen LogP contribution in [0.25, 0.3) is 0 Å². The third-order valence-corrected chi connectivity index (χ3v) is 8.12. The summed E-state index contributed by atoms with van der Waals surface area (Å²) in [5.41, 5.74) is 3.84. The Kier molecular flexibility index (Phi) is 11.0. The van der Waals surface area contributed by atoms with E-state index < -0.39 is 28.6 Å². The molecule has 9 nitrogen and oxygen atoms in total. The molecule has 11 heteroatoms. The average Bonchev–Trinajstić information content (AvgIpc) is 3.79. The highest BCUT2D eigenvalue weighted by Gasteiger charge is 2.42. The fraction of sp³-hybridized carbons (Fsp3) is 0.515. The van der Waals surface area contributed by atoms with Crippen LogP contribution in [0.3, 0.4) is 0 Å². The van der Waals surface area contributed by atoms with Gasteiger partial charge in [-0.1, -0.05) is 39.7 Å². The summed E-state index contributed by atoms with van der Waals surface area (Å²) >= 11 is 0. The van der Waals surface area contributed by atoms with Crippen LogP contribution in [-0.2, 0) is 14.3 Å². The molecule has 4 N–H and O–H groups in total. The van der Waals surface area contributed by atoms with Gasteiger partial charge in [0, 0.05) is 12.4 Å². The maximum absolute atomic E-state index is 13.6. The van der Waals surface area contributed by atoms with Gasteiger partial charge in [-0.15, -0.1) is 0 Å². The lowest BCUT2D eigenvalue weighted by Gasteiger charge is -2.40. The number of hydrogen-bond donors (Lipinski definition) is 4. The quantitative estimate of drug-likeness (QED) is 0.154. The van der Waals surface area contributed by atoms with Gasteiger partial charge in [-0.25, -0.2) is 4.98 Å². The fourth-order valence-corrected chi connectivity index (χ4v) is 5.59. The average molecular weight is 596 g/mol. The van der Waals surface area contributed by atoms with E-state index in [1.54, 1.807) is 19.2 Å². The Bertz CT molecular complexity index is 1470. The van der Waals surface area contributed by atoms with Gasteiger partial charge < -0.3 is 20.3 Å². The molecule has 44 heavy (non-hydrogen) atoms. The van der Waals surface area contributed by atoms with Crippen molar-refractivity contribution in [3.63, 3.8) is 0 Å². The minimum absolute atomic E-state index is 0.185. The monoisotopic (exact) mass is 596 g/mol. The molecule has 1 aromatic carbocycles. The molecule has 1 aromatic heterocycles. The highest BCUT2D eigenvalue weighted by molar-refractivity contribution is 6.41. The van der Waals surface area contributed by atoms with Crippen molar-refractivity contribution in [1.82, 2.24) is 4.98 Å². The lowest BCUT2D eigenvalue weighted by molar-refractivity contribution is -0.149. The Morgan fingerprint density at radius 1 is 1.14 bits per heavy atom. The van der Waals surface area contributed by atoms with Crippen molar-refractivity contribution in [3.05, 3.63) is 46.6 Å². The summed E-state index contributed by atoms with van der Waals surface area (Å²) in [7, 11) is 12.5. The molecule has 0 spiro atoms. The van der Waals surface area contributed by atoms with Crippen LogP contribution in [0.5, 0.6) is 0 Å². The largest absolute Gasteiger partial charge is 0.481 e. The summed E-state index contributed by atoms with van der Waals surface area (Å²) in [6.07, 6.45) is 3.02. The molecule has 2 aliphatic rings. The maximum atomic E-state index is 13.6. The third-order valence-electron chi connectivity index (χ3n) is 8.12. The molecule has 2 unspecified atom stereocenters. The topological polar surface area (TPSA) is 136 Å². The number of aromatic nitrogens is 1. The predicted molar refractivity (Wildman–Crippen MR) is 175 cm³/mol. The van der Waals surface area contributed by atoms with Gasteiger partial charge in [0.15, 0.2) is 0 Å². The lowest BCUT2D eigenvalue weighted by Crippen LogP contribution is -2.40. The number of benzene rings is 1. The molecule has 1 heterocycles. The number of nitrogens with zero attached hydrogens (tertiary/aromatic N) is 2. The number of carboxylic acid groups (broad SMARTS) is 1. The van der Waals surface area contributed by atoms with E-state index in [0.717, 1.165) is 29.5 Å². The minimum atomic E-state index is -2.36. The van der Waals surface area contributed by atoms with Gasteiger partial charge in [-0.05, 0) is 98.1 Å². The second-order valence-corrected chi connectivity index (χ2v) is 12.0. The van der Waals surface area contributed by atoms with E-state index in [1.807, 2.05) is 47.6 Å². The Labute approximate surface area is 263 Å².